The smallest absolute Gasteiger partial charge is 0.324 e. The third-order valence-electron chi connectivity index (χ3n) is 5.48. The Morgan fingerprint density at radius 3 is 2.26 bits per heavy atom. The molecule has 0 fully saturated rings. The number of amides is 2. The zero-order valence-electron chi connectivity index (χ0n) is 17.6. The van der Waals surface area contributed by atoms with Gasteiger partial charge in [0.2, 0.25) is 11.8 Å². The second-order valence-electron chi connectivity index (χ2n) is 7.69. The first-order chi connectivity index (χ1) is 16.1. The Kier molecular flexibility index (Phi) is 6.18. The van der Waals surface area contributed by atoms with Gasteiger partial charge in [-0.3, -0.25) is 9.59 Å². The number of alkyl halides is 3. The Balaban J connectivity index is 1.69. The molecular weight excluding hydrogens is 469 g/mol. The molecule has 1 aliphatic heterocycles. The zero-order chi connectivity index (χ0) is 24.5. The Morgan fingerprint density at radius 1 is 0.941 bits per heavy atom. The Labute approximate surface area is 193 Å². The molecule has 1 aliphatic rings. The van der Waals surface area contributed by atoms with Gasteiger partial charge in [0.1, 0.15) is 6.54 Å². The van der Waals surface area contributed by atoms with Crippen LogP contribution in [0, 0.1) is 0 Å². The number of para-hydroxylation sites is 2. The normalized spacial score (nSPS) is 17.6. The molecule has 0 aliphatic carbocycles. The second-order valence-corrected chi connectivity index (χ2v) is 9.79. The molecule has 3 aromatic rings. The molecule has 1 unspecified atom stereocenters. The summed E-state index contributed by atoms with van der Waals surface area (Å²) in [6.45, 7) is -0.654. The molecule has 34 heavy (non-hydrogen) atoms. The summed E-state index contributed by atoms with van der Waals surface area (Å²) in [6.07, 6.45) is -5.11. The fourth-order valence-corrected chi connectivity index (χ4v) is 5.82. The van der Waals surface area contributed by atoms with E-state index in [1.165, 1.54) is 36.4 Å². The molecule has 6 nitrogen and oxygen atoms in total. The quantitative estimate of drug-likeness (QED) is 0.582. The first kappa shape index (κ1) is 23.5. The van der Waals surface area contributed by atoms with Crippen molar-refractivity contribution in [2.45, 2.75) is 22.7 Å². The highest BCUT2D eigenvalue weighted by atomic mass is 32.2. The van der Waals surface area contributed by atoms with Gasteiger partial charge in [-0.2, -0.15) is 13.2 Å². The minimum Gasteiger partial charge on any atom is -0.324 e. The molecule has 176 valence electrons. The van der Waals surface area contributed by atoms with E-state index in [9.17, 15) is 31.2 Å². The topological polar surface area (TPSA) is 83.6 Å². The van der Waals surface area contributed by atoms with Crippen molar-refractivity contribution in [3.05, 3.63) is 90.0 Å². The molecule has 0 saturated heterocycles. The number of carbonyl (C=O) groups excluding carboxylic acids is 2. The van der Waals surface area contributed by atoms with Crippen LogP contribution in [0.4, 0.5) is 24.5 Å². The molecule has 0 spiro atoms. The van der Waals surface area contributed by atoms with E-state index in [0.717, 1.165) is 17.0 Å². The van der Waals surface area contributed by atoms with Gasteiger partial charge < -0.3 is 10.2 Å². The van der Waals surface area contributed by atoms with Gasteiger partial charge in [0.25, 0.3) is 0 Å². The number of carbonyl (C=O) groups is 2. The van der Waals surface area contributed by atoms with Crippen LogP contribution in [0.1, 0.15) is 22.8 Å². The summed E-state index contributed by atoms with van der Waals surface area (Å²) in [7, 11) is -4.00. The maximum atomic E-state index is 13.4. The van der Waals surface area contributed by atoms with E-state index < -0.39 is 57.3 Å². The van der Waals surface area contributed by atoms with Gasteiger partial charge in [-0.15, -0.1) is 0 Å². The summed E-state index contributed by atoms with van der Waals surface area (Å²) in [5.74, 6) is -1.53. The molecule has 0 aromatic heterocycles. The first-order valence-corrected chi connectivity index (χ1v) is 11.8. The summed E-state index contributed by atoms with van der Waals surface area (Å²) in [4.78, 5) is 26.8. The Morgan fingerprint density at radius 2 is 1.56 bits per heavy atom. The molecule has 3 aromatic carbocycles. The summed E-state index contributed by atoms with van der Waals surface area (Å²) in [6, 6.07) is 18.5. The predicted octanol–water partition coefficient (Wildman–Crippen LogP) is 4.60. The number of sulfone groups is 1. The van der Waals surface area contributed by atoms with Crippen molar-refractivity contribution in [2.24, 2.45) is 0 Å². The van der Waals surface area contributed by atoms with Crippen LogP contribution >= 0.6 is 0 Å². The Hall–Kier alpha value is -3.66. The zero-order valence-corrected chi connectivity index (χ0v) is 18.4. The third-order valence-corrected chi connectivity index (χ3v) is 7.62. The lowest BCUT2D eigenvalue weighted by atomic mass is 10.1. The van der Waals surface area contributed by atoms with Crippen LogP contribution in [0.25, 0.3) is 0 Å². The number of benzene rings is 3. The molecule has 10 heteroatoms. The molecule has 1 N–H and O–H groups in total. The largest absolute Gasteiger partial charge is 0.418 e. The molecule has 0 saturated carbocycles. The fourth-order valence-electron chi connectivity index (χ4n) is 3.90. The van der Waals surface area contributed by atoms with Crippen LogP contribution in [-0.2, 0) is 25.6 Å². The van der Waals surface area contributed by atoms with Crippen LogP contribution in [0.2, 0.25) is 0 Å². The molecule has 0 radical (unpaired) electrons. The fraction of sp³-hybridized carbons (Fsp3) is 0.167. The van der Waals surface area contributed by atoms with Crippen molar-refractivity contribution in [1.29, 1.82) is 0 Å². The van der Waals surface area contributed by atoms with E-state index in [0.29, 0.717) is 5.56 Å². The summed E-state index contributed by atoms with van der Waals surface area (Å²) >= 11 is 0. The van der Waals surface area contributed by atoms with Crippen LogP contribution in [-0.4, -0.2) is 26.8 Å². The molecular formula is C24H19F3N2O4S. The lowest BCUT2D eigenvalue weighted by Crippen LogP contribution is -2.38. The lowest BCUT2D eigenvalue weighted by molar-refractivity contribution is -0.137. The van der Waals surface area contributed by atoms with Crippen LogP contribution in [0.5, 0.6) is 0 Å². The van der Waals surface area contributed by atoms with Crippen LogP contribution < -0.4 is 10.2 Å². The minimum atomic E-state index is -4.69. The van der Waals surface area contributed by atoms with E-state index >= 15 is 0 Å². The van der Waals surface area contributed by atoms with E-state index in [-0.39, 0.29) is 10.6 Å². The predicted molar refractivity (Wildman–Crippen MR) is 120 cm³/mol. The number of hydrogen-bond donors (Lipinski definition) is 1. The summed E-state index contributed by atoms with van der Waals surface area (Å²) in [5.41, 5.74) is -1.05. The van der Waals surface area contributed by atoms with E-state index in [1.54, 1.807) is 30.3 Å². The number of nitrogens with one attached hydrogen (secondary N) is 1. The maximum Gasteiger partial charge on any atom is 0.418 e. The average molecular weight is 488 g/mol. The number of rotatable bonds is 4. The standard InChI is InChI=1S/C24H19F3N2O4S/c25-24(26,27)17-10-4-5-11-18(17)28-22(30)15-29-19-12-6-7-13-20(19)34(32,33)21(14-23(29)31)16-8-2-1-3-9-16/h1-13,21H,14-15H2,(H,28,30). The number of anilines is 2. The first-order valence-electron chi connectivity index (χ1n) is 10.2. The maximum absolute atomic E-state index is 13.4. The molecule has 2 amide bonds. The number of halogens is 3. The van der Waals surface area contributed by atoms with Gasteiger partial charge in [0, 0.05) is 6.42 Å². The van der Waals surface area contributed by atoms with Gasteiger partial charge >= 0.3 is 6.18 Å². The van der Waals surface area contributed by atoms with E-state index in [2.05, 4.69) is 5.32 Å². The highest BCUT2D eigenvalue weighted by Gasteiger charge is 2.40. The second kappa shape index (κ2) is 8.94. The number of nitrogens with zero attached hydrogens (tertiary/aromatic N) is 1. The summed E-state index contributed by atoms with van der Waals surface area (Å²) < 4.78 is 66.7. The van der Waals surface area contributed by atoms with Gasteiger partial charge in [0.05, 0.1) is 27.1 Å². The van der Waals surface area contributed by atoms with Crippen molar-refractivity contribution >= 4 is 33.0 Å². The van der Waals surface area contributed by atoms with E-state index in [4.69, 9.17) is 0 Å². The van der Waals surface area contributed by atoms with E-state index in [1.807, 2.05) is 0 Å². The van der Waals surface area contributed by atoms with Crippen LogP contribution in [0.3, 0.4) is 0 Å². The highest BCUT2D eigenvalue weighted by molar-refractivity contribution is 7.92. The number of hydrogen-bond acceptors (Lipinski definition) is 4. The number of fused-ring (bicyclic) bond motifs is 1. The van der Waals surface area contributed by atoms with Gasteiger partial charge in [-0.25, -0.2) is 8.42 Å². The Bertz CT molecular complexity index is 1340. The van der Waals surface area contributed by atoms with Crippen molar-refractivity contribution in [1.82, 2.24) is 0 Å². The highest BCUT2D eigenvalue weighted by Crippen LogP contribution is 2.40. The van der Waals surface area contributed by atoms with Crippen molar-refractivity contribution < 1.29 is 31.2 Å². The van der Waals surface area contributed by atoms with Crippen molar-refractivity contribution in [2.75, 3.05) is 16.8 Å². The van der Waals surface area contributed by atoms with Crippen molar-refractivity contribution in [3.8, 4) is 0 Å². The minimum absolute atomic E-state index is 0.00480. The van der Waals surface area contributed by atoms with Gasteiger partial charge in [-0.1, -0.05) is 54.6 Å². The SMILES string of the molecule is O=C(CN1C(=O)CC(c2ccccc2)S(=O)(=O)c2ccccc21)Nc1ccccc1C(F)(F)F. The lowest BCUT2D eigenvalue weighted by Gasteiger charge is -2.22. The van der Waals surface area contributed by atoms with Gasteiger partial charge in [-0.05, 0) is 29.8 Å². The third kappa shape index (κ3) is 4.54. The summed E-state index contributed by atoms with van der Waals surface area (Å²) in [5, 5.41) is 1.03. The molecule has 1 atom stereocenters. The monoisotopic (exact) mass is 488 g/mol. The van der Waals surface area contributed by atoms with Crippen molar-refractivity contribution in [3.63, 3.8) is 0 Å². The van der Waals surface area contributed by atoms with Crippen LogP contribution in [0.15, 0.2) is 83.8 Å². The van der Waals surface area contributed by atoms with Gasteiger partial charge in [0.15, 0.2) is 9.84 Å². The molecule has 4 rings (SSSR count). The molecule has 0 bridgehead atoms. The average Bonchev–Trinajstić information content (AvgIpc) is 2.88. The molecule has 1 heterocycles.